The first-order valence-electron chi connectivity index (χ1n) is 10.2. The van der Waals surface area contributed by atoms with Crippen molar-refractivity contribution in [3.05, 3.63) is 59.2 Å². The molecule has 0 saturated carbocycles. The monoisotopic (exact) mass is 541 g/mol. The van der Waals surface area contributed by atoms with Crippen LogP contribution < -0.4 is 15.5 Å². The Bertz CT molecular complexity index is 837. The molecule has 2 N–H and O–H groups in total. The van der Waals surface area contributed by atoms with E-state index in [9.17, 15) is 0 Å². The molecule has 0 aliphatic carbocycles. The van der Waals surface area contributed by atoms with Crippen LogP contribution in [0.2, 0.25) is 5.02 Å². The zero-order valence-corrected chi connectivity index (χ0v) is 20.2. The third-order valence-corrected chi connectivity index (χ3v) is 5.96. The Morgan fingerprint density at radius 3 is 2.83 bits per heavy atom. The Labute approximate surface area is 200 Å². The van der Waals surface area contributed by atoms with Crippen molar-refractivity contribution < 1.29 is 4.74 Å². The molecule has 162 valence electrons. The summed E-state index contributed by atoms with van der Waals surface area (Å²) >= 11 is 6.30. The Morgan fingerprint density at radius 2 is 2.07 bits per heavy atom. The second-order valence-electron chi connectivity index (χ2n) is 7.59. The highest BCUT2D eigenvalue weighted by molar-refractivity contribution is 14.0. The molecule has 1 aromatic heterocycles. The van der Waals surface area contributed by atoms with E-state index in [0.717, 1.165) is 50.9 Å². The van der Waals surface area contributed by atoms with Gasteiger partial charge in [-0.05, 0) is 30.5 Å². The topological polar surface area (TPSA) is 61.8 Å². The maximum absolute atomic E-state index is 6.30. The number of pyridine rings is 1. The number of benzene rings is 1. The Balaban J connectivity index is 0.00000256. The van der Waals surface area contributed by atoms with Crippen molar-refractivity contribution in [2.75, 3.05) is 38.2 Å². The van der Waals surface area contributed by atoms with Gasteiger partial charge in [0.2, 0.25) is 0 Å². The molecule has 2 saturated heterocycles. The quantitative estimate of drug-likeness (QED) is 0.342. The van der Waals surface area contributed by atoms with Crippen molar-refractivity contribution in [2.45, 2.75) is 25.0 Å². The molecule has 1 aromatic carbocycles. The molecular formula is C22H29ClIN5O. The van der Waals surface area contributed by atoms with Crippen LogP contribution in [0.5, 0.6) is 0 Å². The molecule has 4 rings (SSSR count). The van der Waals surface area contributed by atoms with Crippen LogP contribution in [0.3, 0.4) is 0 Å². The number of rotatable bonds is 5. The second kappa shape index (κ2) is 11.2. The lowest BCUT2D eigenvalue weighted by atomic mass is 9.95. The summed E-state index contributed by atoms with van der Waals surface area (Å²) in [6.07, 6.45) is 4.01. The van der Waals surface area contributed by atoms with E-state index < -0.39 is 0 Å². The number of hydrogen-bond donors (Lipinski definition) is 2. The van der Waals surface area contributed by atoms with Gasteiger partial charge in [-0.3, -0.25) is 4.99 Å². The van der Waals surface area contributed by atoms with Gasteiger partial charge in [0, 0.05) is 51.4 Å². The average Bonchev–Trinajstić information content (AvgIpc) is 3.41. The number of anilines is 1. The van der Waals surface area contributed by atoms with E-state index in [-0.39, 0.29) is 30.1 Å². The maximum atomic E-state index is 6.30. The molecule has 0 amide bonds. The van der Waals surface area contributed by atoms with Crippen LogP contribution in [-0.4, -0.2) is 50.3 Å². The van der Waals surface area contributed by atoms with Crippen LogP contribution in [0.15, 0.2) is 53.7 Å². The predicted molar refractivity (Wildman–Crippen MR) is 133 cm³/mol. The van der Waals surface area contributed by atoms with Crippen molar-refractivity contribution in [2.24, 2.45) is 10.9 Å². The highest BCUT2D eigenvalue weighted by atomic mass is 127. The van der Waals surface area contributed by atoms with E-state index in [1.165, 1.54) is 5.56 Å². The lowest BCUT2D eigenvalue weighted by Gasteiger charge is -2.23. The number of nitrogens with zero attached hydrogens (tertiary/aromatic N) is 3. The third-order valence-electron chi connectivity index (χ3n) is 5.67. The molecule has 3 heterocycles. The van der Waals surface area contributed by atoms with Gasteiger partial charge in [-0.2, -0.15) is 0 Å². The molecule has 2 aliphatic heterocycles. The zero-order valence-electron chi connectivity index (χ0n) is 17.1. The Hall–Kier alpha value is -1.58. The van der Waals surface area contributed by atoms with Gasteiger partial charge in [-0.15, -0.1) is 24.0 Å². The summed E-state index contributed by atoms with van der Waals surface area (Å²) in [4.78, 5) is 11.1. The summed E-state index contributed by atoms with van der Waals surface area (Å²) in [5, 5.41) is 7.75. The van der Waals surface area contributed by atoms with Gasteiger partial charge in [-0.25, -0.2) is 4.98 Å². The predicted octanol–water partition coefficient (Wildman–Crippen LogP) is 3.87. The third kappa shape index (κ3) is 5.56. The minimum absolute atomic E-state index is 0. The molecule has 30 heavy (non-hydrogen) atoms. The summed E-state index contributed by atoms with van der Waals surface area (Å²) in [5.41, 5.74) is 1.25. The first-order valence-corrected chi connectivity index (χ1v) is 10.6. The second-order valence-corrected chi connectivity index (χ2v) is 8.00. The molecule has 6 nitrogen and oxygen atoms in total. The molecule has 2 aliphatic rings. The number of halogens is 2. The van der Waals surface area contributed by atoms with Crippen molar-refractivity contribution in [1.29, 1.82) is 0 Å². The number of aliphatic imine (C=N–C) groups is 1. The normalized spacial score (nSPS) is 23.9. The van der Waals surface area contributed by atoms with Gasteiger partial charge in [0.1, 0.15) is 5.82 Å². The molecule has 3 atom stereocenters. The zero-order chi connectivity index (χ0) is 20.1. The van der Waals surface area contributed by atoms with Crippen molar-refractivity contribution in [1.82, 2.24) is 15.6 Å². The smallest absolute Gasteiger partial charge is 0.191 e. The van der Waals surface area contributed by atoms with Crippen LogP contribution in [0.4, 0.5) is 5.82 Å². The van der Waals surface area contributed by atoms with Gasteiger partial charge in [0.05, 0.1) is 11.1 Å². The van der Waals surface area contributed by atoms with Gasteiger partial charge in [0.15, 0.2) is 5.96 Å². The molecule has 2 aromatic rings. The first kappa shape index (κ1) is 23.1. The Morgan fingerprint density at radius 1 is 1.23 bits per heavy atom. The fourth-order valence-electron chi connectivity index (χ4n) is 4.15. The minimum Gasteiger partial charge on any atom is -0.373 e. The van der Waals surface area contributed by atoms with Crippen LogP contribution in [-0.2, 0) is 4.74 Å². The number of aromatic nitrogens is 1. The van der Waals surface area contributed by atoms with E-state index in [0.29, 0.717) is 17.0 Å². The summed E-state index contributed by atoms with van der Waals surface area (Å²) in [6, 6.07) is 14.5. The number of hydrogen-bond acceptors (Lipinski definition) is 4. The lowest BCUT2D eigenvalue weighted by molar-refractivity contribution is 0.0915. The van der Waals surface area contributed by atoms with Crippen LogP contribution in [0, 0.1) is 5.92 Å². The highest BCUT2D eigenvalue weighted by Crippen LogP contribution is 2.33. The van der Waals surface area contributed by atoms with Crippen molar-refractivity contribution in [3.63, 3.8) is 0 Å². The first-order chi connectivity index (χ1) is 14.2. The fourth-order valence-corrected chi connectivity index (χ4v) is 4.39. The number of nitrogens with one attached hydrogen (secondary N) is 2. The van der Waals surface area contributed by atoms with Crippen molar-refractivity contribution in [3.8, 4) is 0 Å². The largest absolute Gasteiger partial charge is 0.373 e. The van der Waals surface area contributed by atoms with Crippen LogP contribution in [0.1, 0.15) is 24.5 Å². The minimum atomic E-state index is 0. The average molecular weight is 542 g/mol. The van der Waals surface area contributed by atoms with E-state index >= 15 is 0 Å². The lowest BCUT2D eigenvalue weighted by Crippen LogP contribution is -2.46. The highest BCUT2D eigenvalue weighted by Gasteiger charge is 2.30. The molecule has 2 fully saturated rings. The maximum Gasteiger partial charge on any atom is 0.191 e. The van der Waals surface area contributed by atoms with E-state index in [2.05, 4.69) is 49.8 Å². The fraction of sp³-hybridized carbons (Fsp3) is 0.455. The molecule has 8 heteroatoms. The summed E-state index contributed by atoms with van der Waals surface area (Å²) < 4.78 is 6.00. The number of ether oxygens (including phenoxy) is 1. The molecule has 3 unspecified atom stereocenters. The van der Waals surface area contributed by atoms with Crippen LogP contribution in [0.25, 0.3) is 0 Å². The standard InChI is InChI=1S/C22H28ClN5O.HI/c1-24-22(26-14-17-10-13-29-20(17)16-6-3-2-4-7-16)27-18-9-12-28(15-18)21-19(23)8-5-11-25-21;/h2-8,11,17-18,20H,9-10,12-15H2,1H3,(H2,24,26,27);1H. The summed E-state index contributed by atoms with van der Waals surface area (Å²) in [7, 11) is 1.82. The summed E-state index contributed by atoms with van der Waals surface area (Å²) in [6.45, 7) is 3.43. The van der Waals surface area contributed by atoms with Gasteiger partial charge >= 0.3 is 0 Å². The van der Waals surface area contributed by atoms with E-state index in [4.69, 9.17) is 16.3 Å². The SMILES string of the molecule is CN=C(NCC1CCOC1c1ccccc1)NC1CCN(c2ncccc2Cl)C1.I. The Kier molecular flexibility index (Phi) is 8.59. The van der Waals surface area contributed by atoms with Gasteiger partial charge in [0.25, 0.3) is 0 Å². The molecule has 0 spiro atoms. The molecule has 0 radical (unpaired) electrons. The van der Waals surface area contributed by atoms with Crippen molar-refractivity contribution >= 4 is 47.4 Å². The van der Waals surface area contributed by atoms with E-state index in [1.54, 1.807) is 6.20 Å². The summed E-state index contributed by atoms with van der Waals surface area (Å²) in [5.74, 6) is 2.13. The molecule has 0 bridgehead atoms. The molecular weight excluding hydrogens is 513 g/mol. The van der Waals surface area contributed by atoms with E-state index in [1.807, 2.05) is 25.2 Å². The van der Waals surface area contributed by atoms with Gasteiger partial charge in [-0.1, -0.05) is 41.9 Å². The van der Waals surface area contributed by atoms with Crippen LogP contribution >= 0.6 is 35.6 Å². The number of guanidine groups is 1. The van der Waals surface area contributed by atoms with Gasteiger partial charge < -0.3 is 20.3 Å².